The Kier molecular flexibility index (Phi) is 4.49. The van der Waals surface area contributed by atoms with Crippen LogP contribution in [-0.2, 0) is 4.79 Å². The van der Waals surface area contributed by atoms with Gasteiger partial charge in [-0.2, -0.15) is 5.10 Å². The van der Waals surface area contributed by atoms with Gasteiger partial charge in [0.15, 0.2) is 5.65 Å². The van der Waals surface area contributed by atoms with Crippen LogP contribution in [0.15, 0.2) is 43.0 Å². The van der Waals surface area contributed by atoms with Crippen molar-refractivity contribution in [3.05, 3.63) is 48.7 Å². The molecule has 1 aliphatic rings. The van der Waals surface area contributed by atoms with Crippen molar-refractivity contribution >= 4 is 22.9 Å². The number of nitrogens with zero attached hydrogens (tertiary/aromatic N) is 6. The molecule has 0 aliphatic carbocycles. The van der Waals surface area contributed by atoms with E-state index in [2.05, 4.69) is 30.2 Å². The molecule has 0 radical (unpaired) electrons. The van der Waals surface area contributed by atoms with Crippen molar-refractivity contribution in [3.63, 3.8) is 0 Å². The molecule has 0 spiro atoms. The number of hydrogen-bond donors (Lipinski definition) is 1. The maximum Gasteiger partial charge on any atom is 0.238 e. The minimum absolute atomic E-state index is 0.0411. The Bertz CT molecular complexity index is 900. The van der Waals surface area contributed by atoms with Crippen molar-refractivity contribution in [2.75, 3.05) is 42.9 Å². The summed E-state index contributed by atoms with van der Waals surface area (Å²) in [5, 5.41) is 7.15. The Balaban J connectivity index is 1.33. The molecular formula is C18H21N7O. The molecule has 4 rings (SSSR count). The van der Waals surface area contributed by atoms with Crippen molar-refractivity contribution in [1.82, 2.24) is 24.5 Å². The van der Waals surface area contributed by atoms with Gasteiger partial charge in [0.1, 0.15) is 5.69 Å². The fraction of sp³-hybridized carbons (Fsp3) is 0.333. The van der Waals surface area contributed by atoms with Crippen LogP contribution in [0.25, 0.3) is 5.65 Å². The van der Waals surface area contributed by atoms with Gasteiger partial charge >= 0.3 is 0 Å². The molecule has 0 bridgehead atoms. The average molecular weight is 351 g/mol. The van der Waals surface area contributed by atoms with Crippen molar-refractivity contribution in [3.8, 4) is 0 Å². The van der Waals surface area contributed by atoms with Crippen molar-refractivity contribution < 1.29 is 4.79 Å². The van der Waals surface area contributed by atoms with Gasteiger partial charge < -0.3 is 10.2 Å². The molecule has 0 aromatic carbocycles. The number of pyridine rings is 1. The van der Waals surface area contributed by atoms with Crippen LogP contribution in [-0.4, -0.2) is 63.1 Å². The molecule has 1 N–H and O–H groups in total. The molecule has 0 saturated carbocycles. The van der Waals surface area contributed by atoms with Crippen molar-refractivity contribution in [2.45, 2.75) is 6.92 Å². The number of carbonyl (C=O) groups excluding carboxylic acids is 1. The number of anilines is 2. The number of rotatable bonds is 4. The molecule has 8 nitrogen and oxygen atoms in total. The van der Waals surface area contributed by atoms with Crippen LogP contribution < -0.4 is 10.2 Å². The van der Waals surface area contributed by atoms with Gasteiger partial charge in [0, 0.05) is 56.2 Å². The van der Waals surface area contributed by atoms with Gasteiger partial charge in [-0.15, -0.1) is 0 Å². The van der Waals surface area contributed by atoms with Gasteiger partial charge in [0.2, 0.25) is 5.91 Å². The van der Waals surface area contributed by atoms with Gasteiger partial charge in [-0.25, -0.2) is 9.50 Å². The van der Waals surface area contributed by atoms with Crippen LogP contribution >= 0.6 is 0 Å². The first-order valence-electron chi connectivity index (χ1n) is 8.67. The topological polar surface area (TPSA) is 78.7 Å². The second kappa shape index (κ2) is 7.09. The molecule has 1 aliphatic heterocycles. The first-order valence-corrected chi connectivity index (χ1v) is 8.67. The highest BCUT2D eigenvalue weighted by Gasteiger charge is 2.20. The van der Waals surface area contributed by atoms with Gasteiger partial charge in [0.05, 0.1) is 12.7 Å². The molecule has 0 unspecified atom stereocenters. The summed E-state index contributed by atoms with van der Waals surface area (Å²) in [6, 6.07) is 5.92. The third-order valence-corrected chi connectivity index (χ3v) is 4.55. The standard InChI is InChI=1S/C18H21N7O/c1-14-4-7-25-18(21-14)16(12-20-25)22-17(26)13-23-8-10-24(11-9-23)15-2-5-19-6-3-15/h2-7,12H,8-11,13H2,1H3,(H,22,26). The van der Waals surface area contributed by atoms with Crippen LogP contribution in [0.3, 0.4) is 0 Å². The predicted octanol–water partition coefficient (Wildman–Crippen LogP) is 1.19. The average Bonchev–Trinajstić information content (AvgIpc) is 3.05. The maximum absolute atomic E-state index is 12.4. The largest absolute Gasteiger partial charge is 0.369 e. The molecule has 1 fully saturated rings. The number of piperazine rings is 1. The number of amides is 1. The van der Waals surface area contributed by atoms with Crippen molar-refractivity contribution in [2.24, 2.45) is 0 Å². The summed E-state index contributed by atoms with van der Waals surface area (Å²) in [5.74, 6) is -0.0411. The lowest BCUT2D eigenvalue weighted by Crippen LogP contribution is -2.48. The molecular weight excluding hydrogens is 330 g/mol. The van der Waals surface area contributed by atoms with Crippen LogP contribution in [0, 0.1) is 6.92 Å². The van der Waals surface area contributed by atoms with E-state index in [0.29, 0.717) is 17.9 Å². The van der Waals surface area contributed by atoms with E-state index >= 15 is 0 Å². The molecule has 26 heavy (non-hydrogen) atoms. The Hall–Kier alpha value is -3.00. The highest BCUT2D eigenvalue weighted by Crippen LogP contribution is 2.16. The monoisotopic (exact) mass is 351 g/mol. The predicted molar refractivity (Wildman–Crippen MR) is 99.2 cm³/mol. The summed E-state index contributed by atoms with van der Waals surface area (Å²) in [7, 11) is 0. The third-order valence-electron chi connectivity index (χ3n) is 4.55. The second-order valence-corrected chi connectivity index (χ2v) is 6.41. The quantitative estimate of drug-likeness (QED) is 0.761. The number of nitrogens with one attached hydrogen (secondary N) is 1. The minimum Gasteiger partial charge on any atom is -0.369 e. The summed E-state index contributed by atoms with van der Waals surface area (Å²) >= 11 is 0. The minimum atomic E-state index is -0.0411. The fourth-order valence-electron chi connectivity index (χ4n) is 3.16. The van der Waals surface area contributed by atoms with Crippen LogP contribution in [0.4, 0.5) is 11.4 Å². The Morgan fingerprint density at radius 2 is 1.92 bits per heavy atom. The zero-order valence-corrected chi connectivity index (χ0v) is 14.7. The second-order valence-electron chi connectivity index (χ2n) is 6.41. The number of aryl methyl sites for hydroxylation is 1. The first kappa shape index (κ1) is 16.5. The lowest BCUT2D eigenvalue weighted by Gasteiger charge is -2.35. The Morgan fingerprint density at radius 1 is 1.15 bits per heavy atom. The zero-order valence-electron chi connectivity index (χ0n) is 14.7. The SMILES string of the molecule is Cc1ccn2ncc(NC(=O)CN3CCN(c4ccncc4)CC3)c2n1. The van der Waals surface area contributed by atoms with Crippen LogP contribution in [0.1, 0.15) is 5.69 Å². The molecule has 4 heterocycles. The number of fused-ring (bicyclic) bond motifs is 1. The van der Waals surface area contributed by atoms with E-state index in [1.807, 2.05) is 31.3 Å². The molecule has 3 aromatic heterocycles. The zero-order chi connectivity index (χ0) is 17.9. The van der Waals surface area contributed by atoms with E-state index in [0.717, 1.165) is 31.9 Å². The Morgan fingerprint density at radius 3 is 2.69 bits per heavy atom. The summed E-state index contributed by atoms with van der Waals surface area (Å²) in [6.07, 6.45) is 7.09. The van der Waals surface area contributed by atoms with Gasteiger partial charge in [0.25, 0.3) is 0 Å². The third kappa shape index (κ3) is 3.50. The van der Waals surface area contributed by atoms with E-state index in [1.165, 1.54) is 5.69 Å². The van der Waals surface area contributed by atoms with E-state index in [4.69, 9.17) is 0 Å². The lowest BCUT2D eigenvalue weighted by molar-refractivity contribution is -0.117. The lowest BCUT2D eigenvalue weighted by atomic mass is 10.2. The van der Waals surface area contributed by atoms with E-state index < -0.39 is 0 Å². The molecule has 0 atom stereocenters. The highest BCUT2D eigenvalue weighted by molar-refractivity contribution is 5.95. The van der Waals surface area contributed by atoms with E-state index in [-0.39, 0.29) is 5.91 Å². The maximum atomic E-state index is 12.4. The number of hydrogen-bond acceptors (Lipinski definition) is 6. The van der Waals surface area contributed by atoms with Gasteiger partial charge in [-0.1, -0.05) is 0 Å². The molecule has 8 heteroatoms. The van der Waals surface area contributed by atoms with Gasteiger partial charge in [-0.3, -0.25) is 14.7 Å². The number of aromatic nitrogens is 4. The fourth-order valence-corrected chi connectivity index (χ4v) is 3.16. The summed E-state index contributed by atoms with van der Waals surface area (Å²) in [5.41, 5.74) is 3.38. The molecule has 3 aromatic rings. The van der Waals surface area contributed by atoms with E-state index in [1.54, 1.807) is 23.1 Å². The highest BCUT2D eigenvalue weighted by atomic mass is 16.2. The van der Waals surface area contributed by atoms with E-state index in [9.17, 15) is 4.79 Å². The molecule has 1 amide bonds. The number of carbonyl (C=O) groups is 1. The molecule has 134 valence electrons. The smallest absolute Gasteiger partial charge is 0.238 e. The summed E-state index contributed by atoms with van der Waals surface area (Å²) in [4.78, 5) is 25.4. The Labute approximate surface area is 151 Å². The van der Waals surface area contributed by atoms with Crippen LogP contribution in [0.5, 0.6) is 0 Å². The molecule has 1 saturated heterocycles. The van der Waals surface area contributed by atoms with Crippen LogP contribution in [0.2, 0.25) is 0 Å². The summed E-state index contributed by atoms with van der Waals surface area (Å²) < 4.78 is 1.66. The summed E-state index contributed by atoms with van der Waals surface area (Å²) in [6.45, 7) is 5.78. The first-order chi connectivity index (χ1) is 12.7. The van der Waals surface area contributed by atoms with Gasteiger partial charge in [-0.05, 0) is 25.1 Å². The normalized spacial score (nSPS) is 15.3. The van der Waals surface area contributed by atoms with Crippen molar-refractivity contribution in [1.29, 1.82) is 0 Å².